The van der Waals surface area contributed by atoms with Crippen LogP contribution in [-0.4, -0.2) is 62.4 Å². The number of nitrogens with zero attached hydrogens (tertiary/aromatic N) is 2. The Balaban J connectivity index is 2.78. The number of hydrogen-bond donors (Lipinski definition) is 2. The summed E-state index contributed by atoms with van der Waals surface area (Å²) in [6.45, 7) is 1.84. The van der Waals surface area contributed by atoms with Crippen LogP contribution in [0.4, 0.5) is 0 Å². The molecule has 0 radical (unpaired) electrons. The lowest BCUT2D eigenvalue weighted by molar-refractivity contribution is -0.143. The molecule has 0 aromatic rings. The van der Waals surface area contributed by atoms with Gasteiger partial charge in [-0.2, -0.15) is 0 Å². The van der Waals surface area contributed by atoms with Gasteiger partial charge in [-0.1, -0.05) is 11.6 Å². The van der Waals surface area contributed by atoms with E-state index in [2.05, 4.69) is 5.16 Å². The number of carbonyl (C=O) groups excluding carboxylic acids is 1. The molecule has 0 saturated heterocycles. The van der Waals surface area contributed by atoms with Gasteiger partial charge in [0.25, 0.3) is 0 Å². The van der Waals surface area contributed by atoms with Crippen molar-refractivity contribution in [3.05, 3.63) is 0 Å². The fourth-order valence-electron chi connectivity index (χ4n) is 2.23. The van der Waals surface area contributed by atoms with E-state index in [0.717, 1.165) is 6.42 Å². The number of amidine groups is 1. The van der Waals surface area contributed by atoms with Crippen LogP contribution in [0, 0.1) is 5.41 Å². The zero-order chi connectivity index (χ0) is 14.3. The number of oxime groups is 1. The molecule has 0 heterocycles. The fraction of sp³-hybridized carbons (Fsp3) is 0.833. The van der Waals surface area contributed by atoms with Crippen LogP contribution in [0.5, 0.6) is 0 Å². The largest absolute Gasteiger partial charge is 0.409 e. The lowest BCUT2D eigenvalue weighted by atomic mass is 9.67. The molecule has 1 aliphatic carbocycles. The van der Waals surface area contributed by atoms with Crippen LogP contribution in [0.1, 0.15) is 19.3 Å². The molecule has 0 bridgehead atoms. The minimum atomic E-state index is -0.837. The van der Waals surface area contributed by atoms with Crippen molar-refractivity contribution in [2.24, 2.45) is 16.3 Å². The van der Waals surface area contributed by atoms with Crippen LogP contribution in [-0.2, 0) is 14.3 Å². The zero-order valence-corrected chi connectivity index (χ0v) is 11.6. The minimum absolute atomic E-state index is 0.00332. The van der Waals surface area contributed by atoms with Crippen LogP contribution in [0.15, 0.2) is 5.16 Å². The Morgan fingerprint density at radius 1 is 1.32 bits per heavy atom. The Hall–Kier alpha value is -1.34. The van der Waals surface area contributed by atoms with Crippen molar-refractivity contribution in [3.8, 4) is 0 Å². The van der Waals surface area contributed by atoms with Crippen molar-refractivity contribution in [2.45, 2.75) is 19.3 Å². The van der Waals surface area contributed by atoms with Gasteiger partial charge in [0, 0.05) is 27.3 Å². The third-order valence-corrected chi connectivity index (χ3v) is 3.63. The molecule has 3 N–H and O–H groups in total. The smallest absolute Gasteiger partial charge is 0.236 e. The Morgan fingerprint density at radius 2 is 1.84 bits per heavy atom. The van der Waals surface area contributed by atoms with E-state index < -0.39 is 5.41 Å². The monoisotopic (exact) mass is 273 g/mol. The molecule has 0 aromatic heterocycles. The van der Waals surface area contributed by atoms with Gasteiger partial charge in [-0.15, -0.1) is 0 Å². The van der Waals surface area contributed by atoms with Gasteiger partial charge in [0.05, 0.1) is 13.2 Å². The summed E-state index contributed by atoms with van der Waals surface area (Å²) >= 11 is 0. The Bertz CT molecular complexity index is 321. The number of carbonyl (C=O) groups is 1. The molecule has 1 amide bonds. The van der Waals surface area contributed by atoms with Crippen LogP contribution in [0.25, 0.3) is 0 Å². The lowest BCUT2D eigenvalue weighted by Gasteiger charge is -2.42. The van der Waals surface area contributed by atoms with Crippen molar-refractivity contribution in [3.63, 3.8) is 0 Å². The molecule has 7 nitrogen and oxygen atoms in total. The molecule has 0 aromatic carbocycles. The second kappa shape index (κ2) is 7.30. The van der Waals surface area contributed by atoms with Gasteiger partial charge in [-0.05, 0) is 12.8 Å². The molecule has 1 saturated carbocycles. The summed E-state index contributed by atoms with van der Waals surface area (Å²) in [5.41, 5.74) is 4.86. The Morgan fingerprint density at radius 3 is 2.16 bits per heavy atom. The maximum Gasteiger partial charge on any atom is 0.236 e. The van der Waals surface area contributed by atoms with E-state index in [-0.39, 0.29) is 11.7 Å². The number of ether oxygens (including phenoxy) is 2. The highest BCUT2D eigenvalue weighted by molar-refractivity contribution is 6.07. The van der Waals surface area contributed by atoms with Gasteiger partial charge in [-0.3, -0.25) is 4.79 Å². The summed E-state index contributed by atoms with van der Waals surface area (Å²) in [6.07, 6.45) is 2.15. The molecule has 1 fully saturated rings. The quantitative estimate of drug-likeness (QED) is 0.281. The minimum Gasteiger partial charge on any atom is -0.409 e. The van der Waals surface area contributed by atoms with Gasteiger partial charge in [0.2, 0.25) is 5.91 Å². The van der Waals surface area contributed by atoms with E-state index in [9.17, 15) is 4.79 Å². The third-order valence-electron chi connectivity index (χ3n) is 3.63. The van der Waals surface area contributed by atoms with Crippen LogP contribution < -0.4 is 5.73 Å². The fourth-order valence-corrected chi connectivity index (χ4v) is 2.23. The summed E-state index contributed by atoms with van der Waals surface area (Å²) in [5.74, 6) is -0.105. The van der Waals surface area contributed by atoms with Crippen molar-refractivity contribution >= 4 is 11.7 Å². The molecular formula is C12H23N3O4. The Kier molecular flexibility index (Phi) is 6.04. The number of methoxy groups -OCH3 is 2. The predicted molar refractivity (Wildman–Crippen MR) is 70.0 cm³/mol. The van der Waals surface area contributed by atoms with Gasteiger partial charge in [0.15, 0.2) is 5.84 Å². The number of nitrogens with two attached hydrogens (primary N) is 1. The normalized spacial score (nSPS) is 17.9. The average Bonchev–Trinajstić information content (AvgIpc) is 2.37. The highest BCUT2D eigenvalue weighted by atomic mass is 16.5. The Labute approximate surface area is 113 Å². The second-order valence-corrected chi connectivity index (χ2v) is 4.70. The third kappa shape index (κ3) is 3.36. The molecule has 0 atom stereocenters. The molecule has 1 rings (SSSR count). The van der Waals surface area contributed by atoms with E-state index in [1.165, 1.54) is 0 Å². The first-order chi connectivity index (χ1) is 9.12. The van der Waals surface area contributed by atoms with E-state index in [1.54, 1.807) is 19.1 Å². The van der Waals surface area contributed by atoms with E-state index in [1.807, 2.05) is 0 Å². The number of rotatable bonds is 8. The van der Waals surface area contributed by atoms with Gasteiger partial charge < -0.3 is 25.3 Å². The van der Waals surface area contributed by atoms with Crippen molar-refractivity contribution < 1.29 is 19.5 Å². The molecule has 110 valence electrons. The van der Waals surface area contributed by atoms with Gasteiger partial charge in [0.1, 0.15) is 5.41 Å². The van der Waals surface area contributed by atoms with Crippen LogP contribution in [0.3, 0.4) is 0 Å². The summed E-state index contributed by atoms with van der Waals surface area (Å²) in [7, 11) is 3.17. The maximum absolute atomic E-state index is 12.6. The molecule has 7 heteroatoms. The van der Waals surface area contributed by atoms with Crippen molar-refractivity contribution in [1.82, 2.24) is 4.90 Å². The van der Waals surface area contributed by atoms with Gasteiger partial charge >= 0.3 is 0 Å². The maximum atomic E-state index is 12.6. The predicted octanol–water partition coefficient (Wildman–Crippen LogP) is 0.0245. The van der Waals surface area contributed by atoms with Crippen LogP contribution >= 0.6 is 0 Å². The molecule has 0 unspecified atom stereocenters. The highest BCUT2D eigenvalue weighted by Gasteiger charge is 2.50. The van der Waals surface area contributed by atoms with E-state index in [4.69, 9.17) is 20.4 Å². The standard InChI is InChI=1S/C12H23N3O4/c1-18-8-6-15(7-9-19-2)11(16)12(4-3-5-12)10(13)14-17/h17H,3-9H2,1-2H3,(H2,13,14). The molecular weight excluding hydrogens is 250 g/mol. The SMILES string of the molecule is COCCN(CCOC)C(=O)C1(C(N)=NO)CCC1. The zero-order valence-electron chi connectivity index (χ0n) is 11.6. The number of amides is 1. The van der Waals surface area contributed by atoms with Crippen molar-refractivity contribution in [2.75, 3.05) is 40.5 Å². The first kappa shape index (κ1) is 15.7. The second-order valence-electron chi connectivity index (χ2n) is 4.70. The van der Waals surface area contributed by atoms with Crippen LogP contribution in [0.2, 0.25) is 0 Å². The lowest BCUT2D eigenvalue weighted by Crippen LogP contribution is -2.56. The highest BCUT2D eigenvalue weighted by Crippen LogP contribution is 2.42. The summed E-state index contributed by atoms with van der Waals surface area (Å²) in [6, 6.07) is 0. The molecule has 19 heavy (non-hydrogen) atoms. The van der Waals surface area contributed by atoms with E-state index in [0.29, 0.717) is 39.1 Å². The number of hydrogen-bond acceptors (Lipinski definition) is 5. The van der Waals surface area contributed by atoms with Gasteiger partial charge in [-0.25, -0.2) is 0 Å². The average molecular weight is 273 g/mol. The molecule has 1 aliphatic rings. The summed E-state index contributed by atoms with van der Waals surface area (Å²) < 4.78 is 10.0. The summed E-state index contributed by atoms with van der Waals surface area (Å²) in [4.78, 5) is 14.3. The first-order valence-electron chi connectivity index (χ1n) is 6.37. The molecule has 0 aliphatic heterocycles. The topological polar surface area (TPSA) is 97.4 Å². The van der Waals surface area contributed by atoms with Crippen molar-refractivity contribution in [1.29, 1.82) is 0 Å². The van der Waals surface area contributed by atoms with E-state index >= 15 is 0 Å². The molecule has 0 spiro atoms. The summed E-state index contributed by atoms with van der Waals surface area (Å²) in [5, 5.41) is 11.9. The first-order valence-corrected chi connectivity index (χ1v) is 6.37.